The Morgan fingerprint density at radius 2 is 2.00 bits per heavy atom. The summed E-state index contributed by atoms with van der Waals surface area (Å²) >= 11 is 0. The average Bonchev–Trinajstić information content (AvgIpc) is 1.21. The van der Waals surface area contributed by atoms with E-state index in [0.29, 0.717) is 0 Å². The Kier molecular flexibility index (Phi) is 2.15. The van der Waals surface area contributed by atoms with Gasteiger partial charge in [-0.05, 0) is 6.92 Å². The Bertz CT molecular complexity index is 180. The highest BCUT2D eigenvalue weighted by molar-refractivity contribution is 7.91. The second-order valence-corrected chi connectivity index (χ2v) is 3.99. The Morgan fingerprint density at radius 1 is 1.62 bits per heavy atom. The molecule has 0 fully saturated rings. The minimum Gasteiger partial charge on any atom is -0.309 e. The zero-order valence-electron chi connectivity index (χ0n) is 4.93. The van der Waals surface area contributed by atoms with E-state index < -0.39 is 9.84 Å². The van der Waals surface area contributed by atoms with E-state index >= 15 is 0 Å². The molecule has 0 aromatic rings. The first-order valence-corrected chi connectivity index (χ1v) is 4.19. The zero-order chi connectivity index (χ0) is 6.78. The van der Waals surface area contributed by atoms with Crippen LogP contribution in [0.1, 0.15) is 6.92 Å². The average molecular weight is 135 g/mol. The van der Waals surface area contributed by atoms with Crippen LogP contribution < -0.4 is 0 Å². The Morgan fingerprint density at radius 3 is 2.00 bits per heavy atom. The SMILES string of the molecule is CC(=N)CS(C)(=O)=O. The third kappa shape index (κ3) is 5.62. The third-order valence-electron chi connectivity index (χ3n) is 0.479. The molecular formula is C4H9NO2S. The van der Waals surface area contributed by atoms with Crippen molar-refractivity contribution in [3.8, 4) is 0 Å². The van der Waals surface area contributed by atoms with Gasteiger partial charge in [-0.25, -0.2) is 8.42 Å². The molecule has 0 saturated heterocycles. The molecule has 48 valence electrons. The summed E-state index contributed by atoms with van der Waals surface area (Å²) in [5, 5.41) is 6.77. The first-order valence-electron chi connectivity index (χ1n) is 2.13. The molecule has 0 bridgehead atoms. The molecule has 4 heteroatoms. The second-order valence-electron chi connectivity index (χ2n) is 1.85. The van der Waals surface area contributed by atoms with E-state index in [2.05, 4.69) is 0 Å². The van der Waals surface area contributed by atoms with E-state index in [1.807, 2.05) is 0 Å². The van der Waals surface area contributed by atoms with Gasteiger partial charge in [-0.3, -0.25) is 0 Å². The van der Waals surface area contributed by atoms with Crippen LogP contribution in [0.5, 0.6) is 0 Å². The predicted molar refractivity (Wildman–Crippen MR) is 33.1 cm³/mol. The number of sulfone groups is 1. The van der Waals surface area contributed by atoms with Gasteiger partial charge in [0.2, 0.25) is 0 Å². The minimum atomic E-state index is -2.95. The number of hydrogen-bond acceptors (Lipinski definition) is 3. The molecule has 0 spiro atoms. The first kappa shape index (κ1) is 7.62. The topological polar surface area (TPSA) is 58.0 Å². The molecule has 0 aliphatic rings. The lowest BCUT2D eigenvalue weighted by Gasteiger charge is -1.90. The largest absolute Gasteiger partial charge is 0.309 e. The summed E-state index contributed by atoms with van der Waals surface area (Å²) in [6.07, 6.45) is 1.12. The van der Waals surface area contributed by atoms with Crippen LogP contribution >= 0.6 is 0 Å². The van der Waals surface area contributed by atoms with E-state index in [-0.39, 0.29) is 11.5 Å². The van der Waals surface area contributed by atoms with Gasteiger partial charge in [-0.2, -0.15) is 0 Å². The van der Waals surface area contributed by atoms with Crippen molar-refractivity contribution in [1.82, 2.24) is 0 Å². The van der Waals surface area contributed by atoms with Crippen LogP contribution in [0.25, 0.3) is 0 Å². The Hall–Kier alpha value is -0.380. The number of rotatable bonds is 2. The van der Waals surface area contributed by atoms with E-state index in [0.717, 1.165) is 6.26 Å². The quantitative estimate of drug-likeness (QED) is 0.545. The Labute approximate surface area is 49.1 Å². The molecule has 8 heavy (non-hydrogen) atoms. The molecule has 0 heterocycles. The summed E-state index contributed by atoms with van der Waals surface area (Å²) in [5.41, 5.74) is 0.188. The smallest absolute Gasteiger partial charge is 0.152 e. The molecule has 0 aliphatic heterocycles. The van der Waals surface area contributed by atoms with Crippen molar-refractivity contribution in [2.45, 2.75) is 6.92 Å². The van der Waals surface area contributed by atoms with Crippen LogP contribution in [0.3, 0.4) is 0 Å². The summed E-state index contributed by atoms with van der Waals surface area (Å²) in [7, 11) is -2.95. The normalized spacial score (nSPS) is 11.2. The Balaban J connectivity index is 3.95. The lowest BCUT2D eigenvalue weighted by Crippen LogP contribution is -2.09. The lowest BCUT2D eigenvalue weighted by molar-refractivity contribution is 0.605. The van der Waals surface area contributed by atoms with Gasteiger partial charge >= 0.3 is 0 Å². The van der Waals surface area contributed by atoms with E-state index in [1.165, 1.54) is 6.92 Å². The van der Waals surface area contributed by atoms with Crippen LogP contribution in [-0.2, 0) is 9.84 Å². The maximum Gasteiger partial charge on any atom is 0.152 e. The zero-order valence-corrected chi connectivity index (χ0v) is 5.75. The molecule has 3 nitrogen and oxygen atoms in total. The van der Waals surface area contributed by atoms with Crippen molar-refractivity contribution < 1.29 is 8.42 Å². The van der Waals surface area contributed by atoms with Crippen LogP contribution in [0.15, 0.2) is 0 Å². The van der Waals surface area contributed by atoms with Gasteiger partial charge in [-0.15, -0.1) is 0 Å². The van der Waals surface area contributed by atoms with Crippen molar-refractivity contribution in [3.05, 3.63) is 0 Å². The molecule has 0 amide bonds. The fourth-order valence-corrected chi connectivity index (χ4v) is 1.18. The monoisotopic (exact) mass is 135 g/mol. The molecule has 1 N–H and O–H groups in total. The molecule has 0 aliphatic carbocycles. The van der Waals surface area contributed by atoms with Gasteiger partial charge in [0.1, 0.15) is 0 Å². The minimum absolute atomic E-state index is 0.118. The summed E-state index contributed by atoms with van der Waals surface area (Å²) < 4.78 is 20.6. The number of nitrogens with one attached hydrogen (secondary N) is 1. The van der Waals surface area contributed by atoms with Gasteiger partial charge < -0.3 is 5.41 Å². The number of hydrogen-bond donors (Lipinski definition) is 1. The van der Waals surface area contributed by atoms with Crippen molar-refractivity contribution in [2.24, 2.45) is 0 Å². The van der Waals surface area contributed by atoms with Crippen LogP contribution in [-0.4, -0.2) is 26.1 Å². The van der Waals surface area contributed by atoms with E-state index in [4.69, 9.17) is 5.41 Å². The summed E-state index contributed by atoms with van der Waals surface area (Å²) in [6.45, 7) is 1.47. The molecule has 0 unspecified atom stereocenters. The van der Waals surface area contributed by atoms with Gasteiger partial charge in [-0.1, -0.05) is 0 Å². The fourth-order valence-electron chi connectivity index (χ4n) is 0.393. The fraction of sp³-hybridized carbons (Fsp3) is 0.750. The highest BCUT2D eigenvalue weighted by Crippen LogP contribution is 1.81. The van der Waals surface area contributed by atoms with E-state index in [9.17, 15) is 8.42 Å². The van der Waals surface area contributed by atoms with Gasteiger partial charge in [0.15, 0.2) is 9.84 Å². The van der Waals surface area contributed by atoms with Crippen LogP contribution in [0.2, 0.25) is 0 Å². The summed E-state index contributed by atoms with van der Waals surface area (Å²) in [4.78, 5) is 0. The molecular weight excluding hydrogens is 126 g/mol. The van der Waals surface area contributed by atoms with Crippen molar-refractivity contribution >= 4 is 15.5 Å². The van der Waals surface area contributed by atoms with Crippen molar-refractivity contribution in [2.75, 3.05) is 12.0 Å². The first-order chi connectivity index (χ1) is 3.42. The molecule has 0 aromatic carbocycles. The molecule has 0 aromatic heterocycles. The van der Waals surface area contributed by atoms with Gasteiger partial charge in [0.05, 0.1) is 5.75 Å². The van der Waals surface area contributed by atoms with Gasteiger partial charge in [0.25, 0.3) is 0 Å². The molecule has 0 saturated carbocycles. The maximum atomic E-state index is 10.3. The standard InChI is InChI=1S/C4H9NO2S/c1-4(5)3-8(2,6)7/h5H,3H2,1-2H3. The second kappa shape index (κ2) is 2.26. The molecule has 0 rings (SSSR count). The van der Waals surface area contributed by atoms with Crippen LogP contribution in [0.4, 0.5) is 0 Å². The molecule has 0 radical (unpaired) electrons. The predicted octanol–water partition coefficient (Wildman–Crippen LogP) is 0.0707. The highest BCUT2D eigenvalue weighted by atomic mass is 32.2. The van der Waals surface area contributed by atoms with Gasteiger partial charge in [0, 0.05) is 12.0 Å². The maximum absolute atomic E-state index is 10.3. The lowest BCUT2D eigenvalue weighted by atomic mass is 10.5. The van der Waals surface area contributed by atoms with Crippen molar-refractivity contribution in [1.29, 1.82) is 5.41 Å². The molecule has 0 atom stereocenters. The van der Waals surface area contributed by atoms with Crippen molar-refractivity contribution in [3.63, 3.8) is 0 Å². The van der Waals surface area contributed by atoms with E-state index in [1.54, 1.807) is 0 Å². The summed E-state index contributed by atoms with van der Waals surface area (Å²) in [6, 6.07) is 0. The summed E-state index contributed by atoms with van der Waals surface area (Å²) in [5.74, 6) is -0.118. The third-order valence-corrected chi connectivity index (χ3v) is 1.44. The highest BCUT2D eigenvalue weighted by Gasteiger charge is 2.00. The van der Waals surface area contributed by atoms with Crippen LogP contribution in [0, 0.1) is 5.41 Å².